The number of nitrogens with zero attached hydrogens (tertiary/aromatic N) is 1. The standard InChI is InChI=1S/C16H19N3O/c17-11-3-6-13-14(8-18-15(13)7-11)16(20)19(12-4-5-12)9-10-1-2-10/h3,6-8,10,12,18H,1-2,4-5,9,17H2. The number of anilines is 1. The number of benzene rings is 1. The molecule has 4 rings (SSSR count). The average Bonchev–Trinajstić information content (AvgIpc) is 3.32. The molecule has 2 aromatic rings. The van der Waals surface area contributed by atoms with Crippen molar-refractivity contribution in [1.29, 1.82) is 0 Å². The molecule has 1 heterocycles. The van der Waals surface area contributed by atoms with E-state index in [2.05, 4.69) is 9.88 Å². The Morgan fingerprint density at radius 1 is 1.30 bits per heavy atom. The number of nitrogens with one attached hydrogen (secondary N) is 1. The third kappa shape index (κ3) is 2.05. The number of aromatic nitrogens is 1. The van der Waals surface area contributed by atoms with Crippen LogP contribution >= 0.6 is 0 Å². The topological polar surface area (TPSA) is 62.1 Å². The van der Waals surface area contributed by atoms with Gasteiger partial charge in [-0.1, -0.05) is 0 Å². The molecule has 1 aromatic heterocycles. The molecule has 4 heteroatoms. The van der Waals surface area contributed by atoms with E-state index in [4.69, 9.17) is 5.73 Å². The normalized spacial score (nSPS) is 18.4. The molecule has 2 aliphatic carbocycles. The Kier molecular flexibility index (Phi) is 2.52. The van der Waals surface area contributed by atoms with Gasteiger partial charge in [0.25, 0.3) is 5.91 Å². The second-order valence-corrected chi connectivity index (χ2v) is 6.14. The summed E-state index contributed by atoms with van der Waals surface area (Å²) in [5.41, 5.74) is 8.23. The number of fused-ring (bicyclic) bond motifs is 1. The van der Waals surface area contributed by atoms with Crippen LogP contribution in [0.25, 0.3) is 10.9 Å². The summed E-state index contributed by atoms with van der Waals surface area (Å²) in [5.74, 6) is 0.913. The van der Waals surface area contributed by atoms with Gasteiger partial charge in [-0.2, -0.15) is 0 Å². The number of carbonyl (C=O) groups excluding carboxylic acids is 1. The zero-order chi connectivity index (χ0) is 13.7. The molecule has 2 saturated carbocycles. The van der Waals surface area contributed by atoms with E-state index in [0.717, 1.165) is 47.5 Å². The molecule has 2 aliphatic rings. The van der Waals surface area contributed by atoms with E-state index in [1.165, 1.54) is 12.8 Å². The van der Waals surface area contributed by atoms with Crippen LogP contribution in [0, 0.1) is 5.92 Å². The van der Waals surface area contributed by atoms with Gasteiger partial charge in [0.15, 0.2) is 0 Å². The van der Waals surface area contributed by atoms with Crippen molar-refractivity contribution in [2.75, 3.05) is 12.3 Å². The highest BCUT2D eigenvalue weighted by Crippen LogP contribution is 2.36. The van der Waals surface area contributed by atoms with Crippen LogP contribution in [0.4, 0.5) is 5.69 Å². The Balaban J connectivity index is 1.67. The Morgan fingerprint density at radius 3 is 2.80 bits per heavy atom. The SMILES string of the molecule is Nc1ccc2c(C(=O)N(CC3CC3)C3CC3)c[nH]c2c1. The molecule has 2 fully saturated rings. The van der Waals surface area contributed by atoms with Gasteiger partial charge in [0.05, 0.1) is 5.56 Å². The molecule has 1 aromatic carbocycles. The lowest BCUT2D eigenvalue weighted by atomic mass is 10.1. The Hall–Kier alpha value is -1.97. The first kappa shape index (κ1) is 11.8. The van der Waals surface area contributed by atoms with E-state index >= 15 is 0 Å². The predicted octanol–water partition coefficient (Wildman–Crippen LogP) is 2.76. The summed E-state index contributed by atoms with van der Waals surface area (Å²) in [6.45, 7) is 0.936. The van der Waals surface area contributed by atoms with Crippen molar-refractivity contribution in [3.05, 3.63) is 30.0 Å². The van der Waals surface area contributed by atoms with Crippen LogP contribution in [-0.4, -0.2) is 28.4 Å². The van der Waals surface area contributed by atoms with Crippen molar-refractivity contribution in [3.8, 4) is 0 Å². The number of carbonyl (C=O) groups is 1. The van der Waals surface area contributed by atoms with Gasteiger partial charge >= 0.3 is 0 Å². The molecule has 0 unspecified atom stereocenters. The number of nitrogens with two attached hydrogens (primary N) is 1. The number of rotatable bonds is 4. The van der Waals surface area contributed by atoms with Gasteiger partial charge in [0, 0.05) is 35.4 Å². The first-order valence-corrected chi connectivity index (χ1v) is 7.40. The molecular weight excluding hydrogens is 250 g/mol. The van der Waals surface area contributed by atoms with Gasteiger partial charge in [0.1, 0.15) is 0 Å². The first-order valence-electron chi connectivity index (χ1n) is 7.40. The largest absolute Gasteiger partial charge is 0.399 e. The molecule has 20 heavy (non-hydrogen) atoms. The van der Waals surface area contributed by atoms with Crippen molar-refractivity contribution in [2.24, 2.45) is 5.92 Å². The number of hydrogen-bond acceptors (Lipinski definition) is 2. The molecule has 0 atom stereocenters. The third-order valence-electron chi connectivity index (χ3n) is 4.34. The van der Waals surface area contributed by atoms with Gasteiger partial charge in [0.2, 0.25) is 0 Å². The first-order chi connectivity index (χ1) is 9.72. The second-order valence-electron chi connectivity index (χ2n) is 6.14. The van der Waals surface area contributed by atoms with Gasteiger partial charge in [-0.05, 0) is 49.8 Å². The van der Waals surface area contributed by atoms with Crippen molar-refractivity contribution in [2.45, 2.75) is 31.7 Å². The van der Waals surface area contributed by atoms with Crippen LogP contribution in [0.5, 0.6) is 0 Å². The fraction of sp³-hybridized carbons (Fsp3) is 0.438. The van der Waals surface area contributed by atoms with E-state index in [9.17, 15) is 4.79 Å². The molecule has 3 N–H and O–H groups in total. The Bertz CT molecular complexity index is 667. The van der Waals surface area contributed by atoms with Crippen LogP contribution < -0.4 is 5.73 Å². The van der Waals surface area contributed by atoms with E-state index in [-0.39, 0.29) is 5.91 Å². The smallest absolute Gasteiger partial charge is 0.256 e. The van der Waals surface area contributed by atoms with Gasteiger partial charge in [-0.15, -0.1) is 0 Å². The highest BCUT2D eigenvalue weighted by molar-refractivity contribution is 6.07. The van der Waals surface area contributed by atoms with Crippen molar-refractivity contribution < 1.29 is 4.79 Å². The lowest BCUT2D eigenvalue weighted by molar-refractivity contribution is 0.0737. The van der Waals surface area contributed by atoms with Crippen LogP contribution in [0.3, 0.4) is 0 Å². The number of amides is 1. The molecule has 0 aliphatic heterocycles. The van der Waals surface area contributed by atoms with Gasteiger partial charge < -0.3 is 15.6 Å². The second kappa shape index (κ2) is 4.27. The number of H-pyrrole nitrogens is 1. The highest BCUT2D eigenvalue weighted by Gasteiger charge is 2.37. The van der Waals surface area contributed by atoms with Crippen LogP contribution in [0.15, 0.2) is 24.4 Å². The Labute approximate surface area is 117 Å². The fourth-order valence-corrected chi connectivity index (χ4v) is 2.84. The minimum atomic E-state index is 0.176. The number of hydrogen-bond donors (Lipinski definition) is 2. The minimum absolute atomic E-state index is 0.176. The van der Waals surface area contributed by atoms with Crippen LogP contribution in [-0.2, 0) is 0 Å². The molecule has 0 spiro atoms. The summed E-state index contributed by atoms with van der Waals surface area (Å²) in [6.07, 6.45) is 6.71. The predicted molar refractivity (Wildman–Crippen MR) is 79.5 cm³/mol. The van der Waals surface area contributed by atoms with Crippen molar-refractivity contribution >= 4 is 22.5 Å². The highest BCUT2D eigenvalue weighted by atomic mass is 16.2. The summed E-state index contributed by atoms with van der Waals surface area (Å²) >= 11 is 0. The summed E-state index contributed by atoms with van der Waals surface area (Å²) < 4.78 is 0. The van der Waals surface area contributed by atoms with Gasteiger partial charge in [-0.25, -0.2) is 0 Å². The van der Waals surface area contributed by atoms with E-state index in [1.807, 2.05) is 24.4 Å². The summed E-state index contributed by atoms with van der Waals surface area (Å²) in [6, 6.07) is 6.15. The van der Waals surface area contributed by atoms with Crippen LogP contribution in [0.2, 0.25) is 0 Å². The number of nitrogen functional groups attached to an aromatic ring is 1. The van der Waals surface area contributed by atoms with E-state index in [0.29, 0.717) is 6.04 Å². The van der Waals surface area contributed by atoms with Gasteiger partial charge in [-0.3, -0.25) is 4.79 Å². The van der Waals surface area contributed by atoms with Crippen LogP contribution in [0.1, 0.15) is 36.0 Å². The number of aromatic amines is 1. The average molecular weight is 269 g/mol. The Morgan fingerprint density at radius 2 is 2.10 bits per heavy atom. The molecule has 1 amide bonds. The van der Waals surface area contributed by atoms with E-state index < -0.39 is 0 Å². The molecular formula is C16H19N3O. The van der Waals surface area contributed by atoms with Crippen molar-refractivity contribution in [1.82, 2.24) is 9.88 Å². The molecule has 0 bridgehead atoms. The zero-order valence-electron chi connectivity index (χ0n) is 11.4. The quantitative estimate of drug-likeness (QED) is 0.838. The minimum Gasteiger partial charge on any atom is -0.399 e. The maximum atomic E-state index is 12.8. The molecule has 4 nitrogen and oxygen atoms in total. The molecule has 0 saturated heterocycles. The lowest BCUT2D eigenvalue weighted by Crippen LogP contribution is -2.34. The molecule has 104 valence electrons. The van der Waals surface area contributed by atoms with E-state index in [1.54, 1.807) is 0 Å². The maximum absolute atomic E-state index is 12.8. The summed E-state index contributed by atoms with van der Waals surface area (Å²) in [4.78, 5) is 18.1. The zero-order valence-corrected chi connectivity index (χ0v) is 11.4. The molecule has 0 radical (unpaired) electrons. The summed E-state index contributed by atoms with van der Waals surface area (Å²) in [7, 11) is 0. The third-order valence-corrected chi connectivity index (χ3v) is 4.34. The summed E-state index contributed by atoms with van der Waals surface area (Å²) in [5, 5.41) is 0.977. The van der Waals surface area contributed by atoms with Crippen molar-refractivity contribution in [3.63, 3.8) is 0 Å². The maximum Gasteiger partial charge on any atom is 0.256 e. The monoisotopic (exact) mass is 269 g/mol. The lowest BCUT2D eigenvalue weighted by Gasteiger charge is -2.22. The fourth-order valence-electron chi connectivity index (χ4n) is 2.84.